The van der Waals surface area contributed by atoms with E-state index in [2.05, 4.69) is 5.32 Å². The van der Waals surface area contributed by atoms with Crippen molar-refractivity contribution >= 4 is 5.91 Å². The summed E-state index contributed by atoms with van der Waals surface area (Å²) in [6.45, 7) is 5.95. The van der Waals surface area contributed by atoms with E-state index in [4.69, 9.17) is 4.74 Å². The van der Waals surface area contributed by atoms with Crippen LogP contribution in [0.25, 0.3) is 0 Å². The molecule has 0 aromatic rings. The maximum atomic E-state index is 11.2. The number of rotatable bonds is 4. The SMILES string of the molecule is CCC(=O)NC1CCCC1OC(C)C. The predicted molar refractivity (Wildman–Crippen MR) is 56.1 cm³/mol. The number of hydrogen-bond acceptors (Lipinski definition) is 2. The molecular weight excluding hydrogens is 178 g/mol. The van der Waals surface area contributed by atoms with Crippen LogP contribution in [0, 0.1) is 0 Å². The van der Waals surface area contributed by atoms with Crippen LogP contribution in [0.1, 0.15) is 46.5 Å². The molecule has 0 saturated heterocycles. The zero-order valence-electron chi connectivity index (χ0n) is 9.38. The van der Waals surface area contributed by atoms with Crippen LogP contribution in [0.2, 0.25) is 0 Å². The van der Waals surface area contributed by atoms with E-state index in [-0.39, 0.29) is 24.2 Å². The molecule has 1 N–H and O–H groups in total. The summed E-state index contributed by atoms with van der Waals surface area (Å²) >= 11 is 0. The molecule has 3 heteroatoms. The summed E-state index contributed by atoms with van der Waals surface area (Å²) in [6.07, 6.45) is 4.33. The van der Waals surface area contributed by atoms with Crippen LogP contribution in [-0.4, -0.2) is 24.2 Å². The Labute approximate surface area is 86.2 Å². The maximum Gasteiger partial charge on any atom is 0.220 e. The van der Waals surface area contributed by atoms with Crippen molar-refractivity contribution in [3.8, 4) is 0 Å². The van der Waals surface area contributed by atoms with Crippen LogP contribution >= 0.6 is 0 Å². The van der Waals surface area contributed by atoms with Crippen LogP contribution in [0.5, 0.6) is 0 Å². The summed E-state index contributed by atoms with van der Waals surface area (Å²) in [5.41, 5.74) is 0. The number of ether oxygens (including phenoxy) is 1. The van der Waals surface area contributed by atoms with Gasteiger partial charge in [0.2, 0.25) is 5.91 Å². The smallest absolute Gasteiger partial charge is 0.220 e. The van der Waals surface area contributed by atoms with Gasteiger partial charge in [-0.05, 0) is 33.1 Å². The summed E-state index contributed by atoms with van der Waals surface area (Å²) in [7, 11) is 0. The van der Waals surface area contributed by atoms with E-state index < -0.39 is 0 Å². The zero-order chi connectivity index (χ0) is 10.6. The van der Waals surface area contributed by atoms with Gasteiger partial charge in [0.1, 0.15) is 0 Å². The minimum atomic E-state index is 0.134. The van der Waals surface area contributed by atoms with E-state index in [9.17, 15) is 4.79 Å². The Morgan fingerprint density at radius 2 is 2.21 bits per heavy atom. The molecule has 3 nitrogen and oxygen atoms in total. The number of amides is 1. The normalized spacial score (nSPS) is 26.9. The van der Waals surface area contributed by atoms with E-state index in [0.29, 0.717) is 6.42 Å². The fourth-order valence-corrected chi connectivity index (χ4v) is 1.91. The third-order valence-corrected chi connectivity index (χ3v) is 2.57. The van der Waals surface area contributed by atoms with Crippen LogP contribution in [0.3, 0.4) is 0 Å². The fraction of sp³-hybridized carbons (Fsp3) is 0.909. The number of carbonyl (C=O) groups is 1. The lowest BCUT2D eigenvalue weighted by Crippen LogP contribution is -2.41. The molecule has 2 atom stereocenters. The molecule has 1 aliphatic rings. The highest BCUT2D eigenvalue weighted by Crippen LogP contribution is 2.23. The largest absolute Gasteiger partial charge is 0.373 e. The Morgan fingerprint density at radius 3 is 2.79 bits per heavy atom. The van der Waals surface area contributed by atoms with Gasteiger partial charge in [0.25, 0.3) is 0 Å². The molecule has 2 unspecified atom stereocenters. The van der Waals surface area contributed by atoms with Crippen molar-refractivity contribution in [1.29, 1.82) is 0 Å². The summed E-state index contributed by atoms with van der Waals surface area (Å²) < 4.78 is 5.75. The lowest BCUT2D eigenvalue weighted by molar-refractivity contribution is -0.122. The van der Waals surface area contributed by atoms with E-state index in [1.54, 1.807) is 0 Å². The second-order valence-corrected chi connectivity index (χ2v) is 4.18. The first-order valence-corrected chi connectivity index (χ1v) is 5.58. The Hall–Kier alpha value is -0.570. The van der Waals surface area contributed by atoms with Gasteiger partial charge >= 0.3 is 0 Å². The quantitative estimate of drug-likeness (QED) is 0.750. The molecule has 1 aliphatic carbocycles. The highest BCUT2D eigenvalue weighted by Gasteiger charge is 2.29. The zero-order valence-corrected chi connectivity index (χ0v) is 9.38. The number of carbonyl (C=O) groups excluding carboxylic acids is 1. The van der Waals surface area contributed by atoms with Crippen molar-refractivity contribution < 1.29 is 9.53 Å². The van der Waals surface area contributed by atoms with Gasteiger partial charge in [0.05, 0.1) is 18.2 Å². The molecule has 1 rings (SSSR count). The maximum absolute atomic E-state index is 11.2. The van der Waals surface area contributed by atoms with Gasteiger partial charge in [-0.1, -0.05) is 6.92 Å². The summed E-state index contributed by atoms with van der Waals surface area (Å²) in [4.78, 5) is 11.2. The minimum Gasteiger partial charge on any atom is -0.373 e. The third-order valence-electron chi connectivity index (χ3n) is 2.57. The van der Waals surface area contributed by atoms with Crippen LogP contribution in [0.4, 0.5) is 0 Å². The molecule has 1 amide bonds. The molecule has 0 aromatic carbocycles. The second-order valence-electron chi connectivity index (χ2n) is 4.18. The van der Waals surface area contributed by atoms with E-state index in [1.165, 1.54) is 0 Å². The first-order valence-electron chi connectivity index (χ1n) is 5.58. The van der Waals surface area contributed by atoms with Gasteiger partial charge in [-0.25, -0.2) is 0 Å². The number of hydrogen-bond donors (Lipinski definition) is 1. The molecule has 82 valence electrons. The van der Waals surface area contributed by atoms with E-state index >= 15 is 0 Å². The summed E-state index contributed by atoms with van der Waals surface area (Å²) in [6, 6.07) is 0.241. The average Bonchev–Trinajstić information content (AvgIpc) is 2.52. The van der Waals surface area contributed by atoms with Crippen molar-refractivity contribution in [2.45, 2.75) is 64.7 Å². The molecule has 1 fully saturated rings. The van der Waals surface area contributed by atoms with Gasteiger partial charge < -0.3 is 10.1 Å². The molecule has 0 aromatic heterocycles. The van der Waals surface area contributed by atoms with Crippen LogP contribution in [-0.2, 0) is 9.53 Å². The highest BCUT2D eigenvalue weighted by atomic mass is 16.5. The van der Waals surface area contributed by atoms with Gasteiger partial charge in [-0.15, -0.1) is 0 Å². The van der Waals surface area contributed by atoms with Crippen LogP contribution < -0.4 is 5.32 Å². The molecule has 0 heterocycles. The van der Waals surface area contributed by atoms with Gasteiger partial charge in [-0.2, -0.15) is 0 Å². The first-order chi connectivity index (χ1) is 6.63. The minimum absolute atomic E-state index is 0.134. The number of nitrogens with one attached hydrogen (secondary N) is 1. The lowest BCUT2D eigenvalue weighted by Gasteiger charge is -2.23. The summed E-state index contributed by atoms with van der Waals surface area (Å²) in [5, 5.41) is 3.02. The molecule has 14 heavy (non-hydrogen) atoms. The molecule has 1 saturated carbocycles. The Morgan fingerprint density at radius 1 is 1.50 bits per heavy atom. The molecule has 0 bridgehead atoms. The third kappa shape index (κ3) is 3.29. The fourth-order valence-electron chi connectivity index (χ4n) is 1.91. The topological polar surface area (TPSA) is 38.3 Å². The first kappa shape index (κ1) is 11.5. The van der Waals surface area contributed by atoms with Crippen molar-refractivity contribution in [1.82, 2.24) is 5.32 Å². The van der Waals surface area contributed by atoms with Gasteiger partial charge in [0, 0.05) is 6.42 Å². The summed E-state index contributed by atoms with van der Waals surface area (Å²) in [5.74, 6) is 0.134. The highest BCUT2D eigenvalue weighted by molar-refractivity contribution is 5.75. The standard InChI is InChI=1S/C11H21NO2/c1-4-11(13)12-9-6-5-7-10(9)14-8(2)3/h8-10H,4-7H2,1-3H3,(H,12,13). The van der Waals surface area contributed by atoms with Crippen LogP contribution in [0.15, 0.2) is 0 Å². The van der Waals surface area contributed by atoms with Crippen molar-refractivity contribution in [3.63, 3.8) is 0 Å². The second kappa shape index (κ2) is 5.35. The Balaban J connectivity index is 2.38. The van der Waals surface area contributed by atoms with Crippen molar-refractivity contribution in [2.24, 2.45) is 0 Å². The lowest BCUT2D eigenvalue weighted by atomic mass is 10.2. The van der Waals surface area contributed by atoms with Gasteiger partial charge in [-0.3, -0.25) is 4.79 Å². The molecule has 0 aliphatic heterocycles. The van der Waals surface area contributed by atoms with Crippen molar-refractivity contribution in [2.75, 3.05) is 0 Å². The van der Waals surface area contributed by atoms with E-state index in [1.807, 2.05) is 20.8 Å². The molecular formula is C11H21NO2. The Bertz CT molecular complexity index is 192. The van der Waals surface area contributed by atoms with Gasteiger partial charge in [0.15, 0.2) is 0 Å². The average molecular weight is 199 g/mol. The van der Waals surface area contributed by atoms with Crippen molar-refractivity contribution in [3.05, 3.63) is 0 Å². The molecule has 0 radical (unpaired) electrons. The van der Waals surface area contributed by atoms with E-state index in [0.717, 1.165) is 19.3 Å². The monoisotopic (exact) mass is 199 g/mol. The molecule has 0 spiro atoms. The Kier molecular flexibility index (Phi) is 4.39. The predicted octanol–water partition coefficient (Wildman–Crippen LogP) is 1.86.